The topological polar surface area (TPSA) is 72.2 Å². The summed E-state index contributed by atoms with van der Waals surface area (Å²) in [7, 11) is 0. The summed E-state index contributed by atoms with van der Waals surface area (Å²) in [4.78, 5) is 22.5. The third kappa shape index (κ3) is 4.13. The maximum Gasteiger partial charge on any atom is 0.270 e. The lowest BCUT2D eigenvalue weighted by Crippen LogP contribution is -2.14. The molecule has 5 nitrogen and oxygen atoms in total. The van der Waals surface area contributed by atoms with Gasteiger partial charge in [0.15, 0.2) is 0 Å². The van der Waals surface area contributed by atoms with Crippen LogP contribution in [0.15, 0.2) is 40.9 Å². The first kappa shape index (κ1) is 18.4. The van der Waals surface area contributed by atoms with Crippen molar-refractivity contribution in [1.29, 1.82) is 0 Å². The maximum absolute atomic E-state index is 12.4. The van der Waals surface area contributed by atoms with Crippen LogP contribution in [-0.4, -0.2) is 10.8 Å². The fraction of sp³-hybridized carbons (Fsp3) is 0.235. The number of hydrogen-bond donors (Lipinski definition) is 1. The van der Waals surface area contributed by atoms with Gasteiger partial charge in [-0.3, -0.25) is 14.9 Å². The van der Waals surface area contributed by atoms with E-state index in [0.29, 0.717) is 5.69 Å². The second-order valence-electron chi connectivity index (χ2n) is 6.32. The van der Waals surface area contributed by atoms with Gasteiger partial charge >= 0.3 is 0 Å². The molecule has 0 unspecified atom stereocenters. The van der Waals surface area contributed by atoms with E-state index in [4.69, 9.17) is 11.6 Å². The van der Waals surface area contributed by atoms with Crippen molar-refractivity contribution in [1.82, 2.24) is 0 Å². The molecule has 2 aromatic carbocycles. The van der Waals surface area contributed by atoms with E-state index in [1.807, 2.05) is 18.2 Å². The average molecular weight is 412 g/mol. The minimum absolute atomic E-state index is 0.00721. The Morgan fingerprint density at radius 3 is 2.38 bits per heavy atom. The molecule has 126 valence electrons. The van der Waals surface area contributed by atoms with Crippen LogP contribution in [0.2, 0.25) is 5.02 Å². The Balaban J connectivity index is 2.26. The number of hydrogen-bond acceptors (Lipinski definition) is 3. The van der Waals surface area contributed by atoms with Gasteiger partial charge in [-0.25, -0.2) is 0 Å². The summed E-state index contributed by atoms with van der Waals surface area (Å²) in [6.45, 7) is 6.30. The summed E-state index contributed by atoms with van der Waals surface area (Å²) >= 11 is 9.44. The quantitative estimate of drug-likeness (QED) is 0.531. The van der Waals surface area contributed by atoms with Crippen LogP contribution in [0.25, 0.3) is 0 Å². The van der Waals surface area contributed by atoms with Crippen molar-refractivity contribution in [3.63, 3.8) is 0 Å². The smallest absolute Gasteiger partial charge is 0.270 e. The number of nitrogens with one attached hydrogen (secondary N) is 1. The minimum Gasteiger partial charge on any atom is -0.321 e. The van der Waals surface area contributed by atoms with Gasteiger partial charge in [-0.1, -0.05) is 38.4 Å². The van der Waals surface area contributed by atoms with Gasteiger partial charge in [0.05, 0.1) is 21.2 Å². The summed E-state index contributed by atoms with van der Waals surface area (Å²) in [5.74, 6) is -0.431. The van der Waals surface area contributed by atoms with Crippen molar-refractivity contribution in [2.75, 3.05) is 5.32 Å². The first-order chi connectivity index (χ1) is 11.1. The molecule has 0 aliphatic carbocycles. The van der Waals surface area contributed by atoms with Crippen molar-refractivity contribution in [2.45, 2.75) is 26.2 Å². The fourth-order valence-corrected chi connectivity index (χ4v) is 2.81. The number of non-ortho nitro benzene ring substituents is 1. The first-order valence-electron chi connectivity index (χ1n) is 7.15. The summed E-state index contributed by atoms with van der Waals surface area (Å²) in [6.07, 6.45) is 0. The van der Waals surface area contributed by atoms with E-state index in [0.717, 1.165) is 16.1 Å². The summed E-state index contributed by atoms with van der Waals surface area (Å²) < 4.78 is 0.751. The summed E-state index contributed by atoms with van der Waals surface area (Å²) in [6, 6.07) is 9.45. The number of halogens is 2. The number of rotatable bonds is 3. The van der Waals surface area contributed by atoms with E-state index in [1.165, 1.54) is 12.1 Å². The maximum atomic E-state index is 12.4. The minimum atomic E-state index is -0.560. The number of benzene rings is 2. The van der Waals surface area contributed by atoms with Gasteiger partial charge in [-0.05, 0) is 45.1 Å². The predicted molar refractivity (Wildman–Crippen MR) is 98.9 cm³/mol. The first-order valence-corrected chi connectivity index (χ1v) is 8.32. The summed E-state index contributed by atoms with van der Waals surface area (Å²) in [5.41, 5.74) is 1.73. The van der Waals surface area contributed by atoms with Crippen molar-refractivity contribution in [3.8, 4) is 0 Å². The van der Waals surface area contributed by atoms with E-state index < -0.39 is 10.8 Å². The highest BCUT2D eigenvalue weighted by Gasteiger charge is 2.18. The Kier molecular flexibility index (Phi) is 5.30. The molecule has 2 aromatic rings. The molecular formula is C17H16BrClN2O3. The molecule has 0 bridgehead atoms. The Morgan fingerprint density at radius 2 is 1.88 bits per heavy atom. The highest BCUT2D eigenvalue weighted by atomic mass is 79.9. The van der Waals surface area contributed by atoms with Crippen LogP contribution in [0.1, 0.15) is 36.7 Å². The second kappa shape index (κ2) is 6.91. The van der Waals surface area contributed by atoms with Crippen LogP contribution in [0.5, 0.6) is 0 Å². The standard InChI is InChI=1S/C17H16BrClN2O3/c1-17(2,3)10-4-7-15(13(18)8-10)20-16(22)12-6-5-11(21(23)24)9-14(12)19/h4-9H,1-3H3,(H,20,22). The van der Waals surface area contributed by atoms with Gasteiger partial charge in [0, 0.05) is 16.6 Å². The van der Waals surface area contributed by atoms with Gasteiger partial charge in [-0.15, -0.1) is 0 Å². The highest BCUT2D eigenvalue weighted by Crippen LogP contribution is 2.31. The molecule has 2 rings (SSSR count). The Morgan fingerprint density at radius 1 is 1.21 bits per heavy atom. The third-order valence-electron chi connectivity index (χ3n) is 3.49. The molecule has 0 radical (unpaired) electrons. The molecule has 0 aliphatic rings. The van der Waals surface area contributed by atoms with Crippen LogP contribution >= 0.6 is 27.5 Å². The van der Waals surface area contributed by atoms with E-state index in [9.17, 15) is 14.9 Å². The number of nitro groups is 1. The SMILES string of the molecule is CC(C)(C)c1ccc(NC(=O)c2ccc([N+](=O)[O-])cc2Cl)c(Br)c1. The lowest BCUT2D eigenvalue weighted by atomic mass is 9.87. The molecule has 0 heterocycles. The van der Waals surface area contributed by atoms with Crippen LogP contribution in [0.3, 0.4) is 0 Å². The van der Waals surface area contributed by atoms with Gasteiger partial charge in [0.25, 0.3) is 11.6 Å². The molecule has 0 atom stereocenters. The second-order valence-corrected chi connectivity index (χ2v) is 7.58. The van der Waals surface area contributed by atoms with Crippen molar-refractivity contribution in [2.24, 2.45) is 0 Å². The fourth-order valence-electron chi connectivity index (χ4n) is 2.07. The highest BCUT2D eigenvalue weighted by molar-refractivity contribution is 9.10. The number of nitro benzene ring substituents is 1. The van der Waals surface area contributed by atoms with Crippen LogP contribution in [-0.2, 0) is 5.41 Å². The van der Waals surface area contributed by atoms with E-state index in [1.54, 1.807) is 0 Å². The molecule has 1 N–H and O–H groups in total. The molecule has 0 saturated heterocycles. The van der Waals surface area contributed by atoms with Gasteiger partial charge < -0.3 is 5.32 Å². The molecule has 24 heavy (non-hydrogen) atoms. The van der Waals surface area contributed by atoms with E-state index in [-0.39, 0.29) is 21.7 Å². The molecular weight excluding hydrogens is 396 g/mol. The number of carbonyl (C=O) groups excluding carboxylic acids is 1. The van der Waals surface area contributed by atoms with Gasteiger partial charge in [0.2, 0.25) is 0 Å². The van der Waals surface area contributed by atoms with E-state index in [2.05, 4.69) is 42.0 Å². The van der Waals surface area contributed by atoms with E-state index >= 15 is 0 Å². The summed E-state index contributed by atoms with van der Waals surface area (Å²) in [5, 5.41) is 13.5. The zero-order valence-corrected chi connectivity index (χ0v) is 15.7. The van der Waals surface area contributed by atoms with Crippen molar-refractivity contribution in [3.05, 3.63) is 67.1 Å². The number of anilines is 1. The molecule has 7 heteroatoms. The normalized spacial score (nSPS) is 11.2. The predicted octanol–water partition coefficient (Wildman–Crippen LogP) is 5.56. The van der Waals surface area contributed by atoms with Gasteiger partial charge in [0.1, 0.15) is 0 Å². The number of amides is 1. The monoisotopic (exact) mass is 410 g/mol. The third-order valence-corrected chi connectivity index (χ3v) is 4.46. The zero-order chi connectivity index (χ0) is 18.1. The molecule has 0 spiro atoms. The van der Waals surface area contributed by atoms with Crippen molar-refractivity contribution < 1.29 is 9.72 Å². The Bertz CT molecular complexity index is 816. The van der Waals surface area contributed by atoms with Crippen LogP contribution in [0, 0.1) is 10.1 Å². The number of nitrogens with zero attached hydrogens (tertiary/aromatic N) is 1. The van der Waals surface area contributed by atoms with Crippen molar-refractivity contribution >= 4 is 44.8 Å². The molecule has 0 saturated carbocycles. The van der Waals surface area contributed by atoms with Crippen LogP contribution in [0.4, 0.5) is 11.4 Å². The Labute approximate surface area is 153 Å². The van der Waals surface area contributed by atoms with Gasteiger partial charge in [-0.2, -0.15) is 0 Å². The largest absolute Gasteiger partial charge is 0.321 e. The lowest BCUT2D eigenvalue weighted by molar-refractivity contribution is -0.384. The Hall–Kier alpha value is -1.92. The molecule has 1 amide bonds. The van der Waals surface area contributed by atoms with Crippen LogP contribution < -0.4 is 5.32 Å². The molecule has 0 fully saturated rings. The number of carbonyl (C=O) groups is 1. The lowest BCUT2D eigenvalue weighted by Gasteiger charge is -2.20. The molecule has 0 aromatic heterocycles. The zero-order valence-electron chi connectivity index (χ0n) is 13.4. The molecule has 0 aliphatic heterocycles. The average Bonchev–Trinajstić information content (AvgIpc) is 2.47.